The molecule has 0 aromatic carbocycles. The van der Waals surface area contributed by atoms with Crippen LogP contribution in [0.4, 0.5) is 0 Å². The highest BCUT2D eigenvalue weighted by Crippen LogP contribution is 2.08. The van der Waals surface area contributed by atoms with E-state index in [0.29, 0.717) is 11.7 Å². The van der Waals surface area contributed by atoms with Crippen LogP contribution in [0, 0.1) is 5.41 Å². The third-order valence-electron chi connectivity index (χ3n) is 3.20. The molecule has 17 heavy (non-hydrogen) atoms. The molecule has 3 nitrogen and oxygen atoms in total. The van der Waals surface area contributed by atoms with E-state index in [1.165, 1.54) is 0 Å². The van der Waals surface area contributed by atoms with Crippen molar-refractivity contribution in [2.45, 2.75) is 26.7 Å². The zero-order valence-corrected chi connectivity index (χ0v) is 11.8. The summed E-state index contributed by atoms with van der Waals surface area (Å²) in [6.07, 6.45) is 4.39. The van der Waals surface area contributed by atoms with E-state index in [-0.39, 0.29) is 0 Å². The Morgan fingerprint density at radius 2 is 1.94 bits per heavy atom. The lowest BCUT2D eigenvalue weighted by Crippen LogP contribution is -2.49. The smallest absolute Gasteiger partial charge is 0.123 e. The van der Waals surface area contributed by atoms with Gasteiger partial charge in [0.05, 0.1) is 0 Å². The van der Waals surface area contributed by atoms with Gasteiger partial charge in [0.25, 0.3) is 0 Å². The molecule has 0 amide bonds. The average molecular weight is 258 g/mol. The Labute approximate surface area is 110 Å². The predicted molar refractivity (Wildman–Crippen MR) is 75.1 cm³/mol. The highest BCUT2D eigenvalue weighted by molar-refractivity contribution is 6.18. The first kappa shape index (κ1) is 14.5. The zero-order valence-electron chi connectivity index (χ0n) is 11.0. The van der Waals surface area contributed by atoms with Gasteiger partial charge in [0.1, 0.15) is 5.84 Å². The minimum Gasteiger partial charge on any atom is -0.354 e. The molecule has 0 aromatic rings. The molecular weight excluding hydrogens is 234 g/mol. The number of hydrogen-bond acceptors (Lipinski definition) is 2. The minimum absolute atomic E-state index is 0.698. The van der Waals surface area contributed by atoms with E-state index in [1.54, 1.807) is 0 Å². The quantitative estimate of drug-likeness (QED) is 0.466. The summed E-state index contributed by atoms with van der Waals surface area (Å²) in [6.45, 7) is 9.13. The molecule has 0 radical (unpaired) electrons. The van der Waals surface area contributed by atoms with Crippen LogP contribution in [0.1, 0.15) is 26.7 Å². The van der Waals surface area contributed by atoms with Gasteiger partial charge in [-0.05, 0) is 18.9 Å². The van der Waals surface area contributed by atoms with Crippen molar-refractivity contribution < 1.29 is 0 Å². The molecule has 4 heteroatoms. The van der Waals surface area contributed by atoms with Crippen molar-refractivity contribution in [1.29, 1.82) is 5.41 Å². The SMILES string of the molecule is CCC/C=C(/C)C(=N)N1CCN(CCCl)CC1. The maximum absolute atomic E-state index is 8.15. The molecule has 0 saturated carbocycles. The first-order valence-corrected chi connectivity index (χ1v) is 7.01. The number of hydrogen-bond donors (Lipinski definition) is 1. The van der Waals surface area contributed by atoms with Gasteiger partial charge in [0.15, 0.2) is 0 Å². The number of nitrogens with one attached hydrogen (secondary N) is 1. The van der Waals surface area contributed by atoms with E-state index in [2.05, 4.69) is 22.8 Å². The normalized spacial score (nSPS) is 18.5. The van der Waals surface area contributed by atoms with Crippen molar-refractivity contribution in [2.75, 3.05) is 38.6 Å². The van der Waals surface area contributed by atoms with E-state index >= 15 is 0 Å². The van der Waals surface area contributed by atoms with Crippen LogP contribution in [-0.2, 0) is 0 Å². The van der Waals surface area contributed by atoms with Gasteiger partial charge in [-0.1, -0.05) is 19.4 Å². The number of nitrogens with zero attached hydrogens (tertiary/aromatic N) is 2. The molecule has 0 spiro atoms. The maximum Gasteiger partial charge on any atom is 0.123 e. The number of alkyl halides is 1. The van der Waals surface area contributed by atoms with Gasteiger partial charge in [0, 0.05) is 38.6 Å². The van der Waals surface area contributed by atoms with Crippen molar-refractivity contribution in [3.63, 3.8) is 0 Å². The van der Waals surface area contributed by atoms with Crippen LogP contribution in [-0.4, -0.2) is 54.2 Å². The summed E-state index contributed by atoms with van der Waals surface area (Å²) in [5.41, 5.74) is 1.11. The molecule has 1 saturated heterocycles. The topological polar surface area (TPSA) is 30.3 Å². The number of unbranched alkanes of at least 4 members (excludes halogenated alkanes) is 1. The van der Waals surface area contributed by atoms with Crippen LogP contribution in [0.15, 0.2) is 11.6 Å². The van der Waals surface area contributed by atoms with Gasteiger partial charge in [-0.15, -0.1) is 11.6 Å². The Hall–Kier alpha value is -0.540. The molecule has 0 atom stereocenters. The largest absolute Gasteiger partial charge is 0.354 e. The second-order valence-electron chi connectivity index (χ2n) is 4.54. The van der Waals surface area contributed by atoms with E-state index < -0.39 is 0 Å². The van der Waals surface area contributed by atoms with E-state index in [4.69, 9.17) is 17.0 Å². The molecular formula is C13H24ClN3. The van der Waals surface area contributed by atoms with Crippen LogP contribution in [0.2, 0.25) is 0 Å². The summed E-state index contributed by atoms with van der Waals surface area (Å²) in [4.78, 5) is 4.54. The lowest BCUT2D eigenvalue weighted by atomic mass is 10.1. The monoisotopic (exact) mass is 257 g/mol. The first-order valence-electron chi connectivity index (χ1n) is 6.48. The van der Waals surface area contributed by atoms with E-state index in [0.717, 1.165) is 51.1 Å². The van der Waals surface area contributed by atoms with Gasteiger partial charge < -0.3 is 4.90 Å². The summed E-state index contributed by atoms with van der Waals surface area (Å²) < 4.78 is 0. The van der Waals surface area contributed by atoms with E-state index in [1.807, 2.05) is 6.92 Å². The Kier molecular flexibility index (Phi) is 6.60. The highest BCUT2D eigenvalue weighted by Gasteiger charge is 2.18. The van der Waals surface area contributed by atoms with Crippen LogP contribution < -0.4 is 0 Å². The summed E-state index contributed by atoms with van der Waals surface area (Å²) in [6, 6.07) is 0. The Bertz CT molecular complexity index is 268. The standard InChI is InChI=1S/C13H24ClN3/c1-3-4-5-12(2)13(15)17-10-8-16(7-6-14)9-11-17/h5,15H,3-4,6-11H2,1-2H3/b12-5-,15-13?. The summed E-state index contributed by atoms with van der Waals surface area (Å²) in [5, 5.41) is 8.15. The van der Waals surface area contributed by atoms with Crippen LogP contribution >= 0.6 is 11.6 Å². The number of halogens is 1. The molecule has 0 bridgehead atoms. The summed E-state index contributed by atoms with van der Waals surface area (Å²) in [5.74, 6) is 1.40. The highest BCUT2D eigenvalue weighted by atomic mass is 35.5. The summed E-state index contributed by atoms with van der Waals surface area (Å²) in [7, 11) is 0. The molecule has 0 aromatic heterocycles. The lowest BCUT2D eigenvalue weighted by Gasteiger charge is -2.36. The molecule has 1 aliphatic rings. The minimum atomic E-state index is 0.698. The Balaban J connectivity index is 2.40. The van der Waals surface area contributed by atoms with Gasteiger partial charge in [-0.25, -0.2) is 0 Å². The first-order chi connectivity index (χ1) is 8.19. The molecule has 0 unspecified atom stereocenters. The van der Waals surface area contributed by atoms with Crippen molar-refractivity contribution in [1.82, 2.24) is 9.80 Å². The molecule has 1 aliphatic heterocycles. The van der Waals surface area contributed by atoms with Crippen LogP contribution in [0.25, 0.3) is 0 Å². The second kappa shape index (κ2) is 7.72. The van der Waals surface area contributed by atoms with Crippen molar-refractivity contribution in [3.05, 3.63) is 11.6 Å². The Morgan fingerprint density at radius 3 is 2.47 bits per heavy atom. The average Bonchev–Trinajstić information content (AvgIpc) is 2.36. The van der Waals surface area contributed by atoms with Gasteiger partial charge in [-0.2, -0.15) is 0 Å². The van der Waals surface area contributed by atoms with Gasteiger partial charge in [0.2, 0.25) is 0 Å². The van der Waals surface area contributed by atoms with Gasteiger partial charge >= 0.3 is 0 Å². The van der Waals surface area contributed by atoms with Crippen LogP contribution in [0.3, 0.4) is 0 Å². The molecule has 1 fully saturated rings. The summed E-state index contributed by atoms with van der Waals surface area (Å²) >= 11 is 5.73. The predicted octanol–water partition coefficient (Wildman–Crippen LogP) is 2.57. The van der Waals surface area contributed by atoms with Crippen LogP contribution in [0.5, 0.6) is 0 Å². The fourth-order valence-corrected chi connectivity index (χ4v) is 2.26. The molecule has 0 aliphatic carbocycles. The number of piperazine rings is 1. The van der Waals surface area contributed by atoms with Crippen molar-refractivity contribution >= 4 is 17.4 Å². The van der Waals surface area contributed by atoms with E-state index in [9.17, 15) is 0 Å². The molecule has 1 N–H and O–H groups in total. The third kappa shape index (κ3) is 4.68. The molecule has 98 valence electrons. The molecule has 1 rings (SSSR count). The van der Waals surface area contributed by atoms with Crippen molar-refractivity contribution in [2.24, 2.45) is 0 Å². The fourth-order valence-electron chi connectivity index (χ4n) is 2.02. The maximum atomic E-state index is 8.15. The number of allylic oxidation sites excluding steroid dienone is 1. The number of amidine groups is 1. The zero-order chi connectivity index (χ0) is 12.7. The second-order valence-corrected chi connectivity index (χ2v) is 4.92. The lowest BCUT2D eigenvalue weighted by molar-refractivity contribution is 0.190. The number of rotatable bonds is 5. The van der Waals surface area contributed by atoms with Gasteiger partial charge in [-0.3, -0.25) is 10.3 Å². The third-order valence-corrected chi connectivity index (χ3v) is 3.37. The fraction of sp³-hybridized carbons (Fsp3) is 0.769. The molecule has 1 heterocycles. The van der Waals surface area contributed by atoms with Crippen molar-refractivity contribution in [3.8, 4) is 0 Å². The Morgan fingerprint density at radius 1 is 1.29 bits per heavy atom.